The lowest BCUT2D eigenvalue weighted by molar-refractivity contribution is -0.117. The van der Waals surface area contributed by atoms with Crippen molar-refractivity contribution in [2.45, 2.75) is 6.54 Å². The molecule has 0 saturated heterocycles. The fourth-order valence-corrected chi connectivity index (χ4v) is 3.72. The zero-order chi connectivity index (χ0) is 19.2. The molecule has 0 fully saturated rings. The van der Waals surface area contributed by atoms with E-state index in [9.17, 15) is 4.79 Å². The number of benzene rings is 2. The van der Waals surface area contributed by atoms with Crippen molar-refractivity contribution in [1.29, 1.82) is 0 Å². The Balaban J connectivity index is 1.55. The Kier molecular flexibility index (Phi) is 6.45. The molecule has 1 amide bonds. The Hall–Kier alpha value is -2.41. The highest BCUT2D eigenvalue weighted by atomic mass is 35.5. The molecule has 27 heavy (non-hydrogen) atoms. The van der Waals surface area contributed by atoms with Crippen LogP contribution in [0.3, 0.4) is 0 Å². The maximum atomic E-state index is 12.2. The topological polar surface area (TPSA) is 54.5 Å². The van der Waals surface area contributed by atoms with E-state index in [1.165, 1.54) is 0 Å². The second-order valence-corrected chi connectivity index (χ2v) is 7.34. The van der Waals surface area contributed by atoms with Gasteiger partial charge in [0.05, 0.1) is 24.4 Å². The fourth-order valence-electron chi connectivity index (χ4n) is 2.59. The minimum Gasteiger partial charge on any atom is -0.497 e. The number of methoxy groups -OCH3 is 1. The van der Waals surface area contributed by atoms with Crippen molar-refractivity contribution in [2.24, 2.45) is 0 Å². The van der Waals surface area contributed by atoms with Crippen LogP contribution in [0.2, 0.25) is 5.02 Å². The third-order valence-electron chi connectivity index (χ3n) is 3.88. The van der Waals surface area contributed by atoms with E-state index in [4.69, 9.17) is 16.3 Å². The van der Waals surface area contributed by atoms with Crippen molar-refractivity contribution >= 4 is 34.5 Å². The number of ether oxygens (including phenoxy) is 1. The van der Waals surface area contributed by atoms with Gasteiger partial charge in [0.2, 0.25) is 5.91 Å². The summed E-state index contributed by atoms with van der Waals surface area (Å²) in [5.74, 6) is 0.673. The molecule has 0 atom stereocenters. The molecule has 0 aliphatic heterocycles. The molecule has 2 aromatic carbocycles. The minimum atomic E-state index is -0.0794. The Labute approximate surface area is 167 Å². The van der Waals surface area contributed by atoms with Crippen molar-refractivity contribution in [3.05, 3.63) is 64.6 Å². The lowest BCUT2D eigenvalue weighted by Gasteiger charge is -2.15. The van der Waals surface area contributed by atoms with Gasteiger partial charge in [-0.05, 0) is 37.4 Å². The van der Waals surface area contributed by atoms with Crippen LogP contribution >= 0.6 is 22.9 Å². The lowest BCUT2D eigenvalue weighted by atomic mass is 10.2. The maximum Gasteiger partial charge on any atom is 0.238 e. The molecule has 5 nitrogen and oxygen atoms in total. The van der Waals surface area contributed by atoms with Gasteiger partial charge in [-0.3, -0.25) is 9.69 Å². The summed E-state index contributed by atoms with van der Waals surface area (Å²) in [7, 11) is 3.50. The number of anilines is 1. The van der Waals surface area contributed by atoms with Crippen molar-refractivity contribution in [1.82, 2.24) is 9.88 Å². The summed E-state index contributed by atoms with van der Waals surface area (Å²) in [6.45, 7) is 0.849. The molecule has 0 radical (unpaired) electrons. The summed E-state index contributed by atoms with van der Waals surface area (Å²) in [4.78, 5) is 18.8. The first kappa shape index (κ1) is 19.4. The van der Waals surface area contributed by atoms with Crippen LogP contribution in [0.5, 0.6) is 5.75 Å². The Morgan fingerprint density at radius 2 is 1.96 bits per heavy atom. The maximum absolute atomic E-state index is 12.2. The molecule has 0 aliphatic carbocycles. The largest absolute Gasteiger partial charge is 0.497 e. The number of halogens is 1. The smallest absolute Gasteiger partial charge is 0.238 e. The number of nitrogens with one attached hydrogen (secondary N) is 1. The van der Waals surface area contributed by atoms with E-state index in [2.05, 4.69) is 10.3 Å². The Morgan fingerprint density at radius 3 is 2.67 bits per heavy atom. The number of likely N-dealkylation sites (N-methyl/N-ethyl adjacent to an activating group) is 1. The highest BCUT2D eigenvalue weighted by Gasteiger charge is 2.12. The van der Waals surface area contributed by atoms with E-state index >= 15 is 0 Å². The van der Waals surface area contributed by atoms with E-state index in [0.29, 0.717) is 11.6 Å². The number of nitrogens with zero attached hydrogens (tertiary/aromatic N) is 2. The molecule has 140 valence electrons. The summed E-state index contributed by atoms with van der Waals surface area (Å²) < 4.78 is 5.11. The minimum absolute atomic E-state index is 0.0794. The fraction of sp³-hybridized carbons (Fsp3) is 0.200. The van der Waals surface area contributed by atoms with Crippen molar-refractivity contribution in [3.63, 3.8) is 0 Å². The second kappa shape index (κ2) is 8.99. The molecule has 0 aliphatic rings. The number of carbonyl (C=O) groups excluding carboxylic acids is 1. The average molecular weight is 402 g/mol. The quantitative estimate of drug-likeness (QED) is 0.631. The predicted octanol–water partition coefficient (Wildman–Crippen LogP) is 4.54. The number of rotatable bonds is 7. The summed E-state index contributed by atoms with van der Waals surface area (Å²) in [5, 5.41) is 6.44. The van der Waals surface area contributed by atoms with Crippen LogP contribution in [0.25, 0.3) is 10.6 Å². The average Bonchev–Trinajstić information content (AvgIpc) is 3.10. The monoisotopic (exact) mass is 401 g/mol. The molecular weight excluding hydrogens is 382 g/mol. The zero-order valence-corrected chi connectivity index (χ0v) is 16.7. The van der Waals surface area contributed by atoms with Crippen LogP contribution < -0.4 is 10.1 Å². The first-order valence-corrected chi connectivity index (χ1v) is 9.62. The van der Waals surface area contributed by atoms with Crippen molar-refractivity contribution in [3.8, 4) is 16.3 Å². The summed E-state index contributed by atoms with van der Waals surface area (Å²) in [6, 6.07) is 14.9. The third-order valence-corrected chi connectivity index (χ3v) is 5.13. The number of amides is 1. The lowest BCUT2D eigenvalue weighted by Crippen LogP contribution is -2.29. The highest BCUT2D eigenvalue weighted by Crippen LogP contribution is 2.30. The molecule has 0 spiro atoms. The van der Waals surface area contributed by atoms with Crippen LogP contribution in [0.15, 0.2) is 53.9 Å². The van der Waals surface area contributed by atoms with Gasteiger partial charge in [0, 0.05) is 23.2 Å². The van der Waals surface area contributed by atoms with Crippen LogP contribution in [0.4, 0.5) is 5.69 Å². The SMILES string of the molecule is COc1ccc(NC(=O)CN(C)Cc2csc(-c3ccccc3Cl)n2)cc1. The molecule has 3 aromatic rings. The molecule has 1 heterocycles. The van der Waals surface area contributed by atoms with E-state index < -0.39 is 0 Å². The molecule has 0 unspecified atom stereocenters. The highest BCUT2D eigenvalue weighted by molar-refractivity contribution is 7.13. The summed E-state index contributed by atoms with van der Waals surface area (Å²) in [5.41, 5.74) is 2.58. The van der Waals surface area contributed by atoms with Crippen LogP contribution in [-0.4, -0.2) is 36.5 Å². The molecule has 3 rings (SSSR count). The van der Waals surface area contributed by atoms with Gasteiger partial charge in [-0.1, -0.05) is 29.8 Å². The standard InChI is InChI=1S/C20H20ClN3O2S/c1-24(12-19(25)22-14-7-9-16(26-2)10-8-14)11-15-13-27-20(23-15)17-5-3-4-6-18(17)21/h3-10,13H,11-12H2,1-2H3,(H,22,25). The van der Waals surface area contributed by atoms with Gasteiger partial charge < -0.3 is 10.1 Å². The summed E-state index contributed by atoms with van der Waals surface area (Å²) in [6.07, 6.45) is 0. The van der Waals surface area contributed by atoms with Gasteiger partial charge >= 0.3 is 0 Å². The zero-order valence-electron chi connectivity index (χ0n) is 15.1. The molecule has 0 bridgehead atoms. The van der Waals surface area contributed by atoms with Crippen LogP contribution in [0.1, 0.15) is 5.69 Å². The van der Waals surface area contributed by atoms with Gasteiger partial charge in [0.15, 0.2) is 0 Å². The first-order valence-electron chi connectivity index (χ1n) is 8.37. The van der Waals surface area contributed by atoms with Crippen LogP contribution in [0, 0.1) is 0 Å². The third kappa shape index (κ3) is 5.29. The molecular formula is C20H20ClN3O2S. The van der Waals surface area contributed by atoms with Gasteiger partial charge in [0.25, 0.3) is 0 Å². The normalized spacial score (nSPS) is 10.8. The van der Waals surface area contributed by atoms with Gasteiger partial charge in [-0.15, -0.1) is 11.3 Å². The van der Waals surface area contributed by atoms with E-state index in [1.807, 2.05) is 65.9 Å². The van der Waals surface area contributed by atoms with E-state index in [-0.39, 0.29) is 12.5 Å². The number of thiazole rings is 1. The molecule has 1 N–H and O–H groups in total. The first-order chi connectivity index (χ1) is 13.0. The number of hydrogen-bond donors (Lipinski definition) is 1. The summed E-state index contributed by atoms with van der Waals surface area (Å²) >= 11 is 7.78. The number of aromatic nitrogens is 1. The second-order valence-electron chi connectivity index (χ2n) is 6.07. The van der Waals surface area contributed by atoms with Gasteiger partial charge in [-0.2, -0.15) is 0 Å². The molecule has 0 saturated carbocycles. The number of carbonyl (C=O) groups is 1. The molecule has 1 aromatic heterocycles. The van der Waals surface area contributed by atoms with E-state index in [1.54, 1.807) is 18.4 Å². The predicted molar refractivity (Wildman–Crippen MR) is 111 cm³/mol. The van der Waals surface area contributed by atoms with Gasteiger partial charge in [0.1, 0.15) is 10.8 Å². The van der Waals surface area contributed by atoms with Crippen molar-refractivity contribution in [2.75, 3.05) is 26.0 Å². The van der Waals surface area contributed by atoms with E-state index in [0.717, 1.165) is 27.7 Å². The van der Waals surface area contributed by atoms with Crippen LogP contribution in [-0.2, 0) is 11.3 Å². The van der Waals surface area contributed by atoms with Crippen molar-refractivity contribution < 1.29 is 9.53 Å². The van der Waals surface area contributed by atoms with Gasteiger partial charge in [-0.25, -0.2) is 4.98 Å². The number of hydrogen-bond acceptors (Lipinski definition) is 5. The molecule has 7 heteroatoms. The Bertz CT molecular complexity index is 912. The Morgan fingerprint density at radius 1 is 1.22 bits per heavy atom.